The number of nitrogens with one attached hydrogen (secondary N) is 1. The van der Waals surface area contributed by atoms with Gasteiger partial charge in [-0.2, -0.15) is 0 Å². The van der Waals surface area contributed by atoms with Gasteiger partial charge < -0.3 is 10.1 Å². The van der Waals surface area contributed by atoms with Crippen LogP contribution < -0.4 is 10.1 Å². The van der Waals surface area contributed by atoms with E-state index in [-0.39, 0.29) is 30.3 Å². The van der Waals surface area contributed by atoms with E-state index in [1.54, 1.807) is 6.07 Å². The summed E-state index contributed by atoms with van der Waals surface area (Å²) in [6.07, 6.45) is -1.58. The van der Waals surface area contributed by atoms with E-state index in [9.17, 15) is 22.8 Å². The molecule has 0 saturated carbocycles. The van der Waals surface area contributed by atoms with Crippen molar-refractivity contribution in [3.05, 3.63) is 59.2 Å². The van der Waals surface area contributed by atoms with E-state index in [0.717, 1.165) is 31.4 Å². The molecular formula is C20H18F3NO3. The Morgan fingerprint density at radius 2 is 1.67 bits per heavy atom. The minimum absolute atomic E-state index is 0.00325. The molecule has 1 amide bonds. The zero-order chi connectivity index (χ0) is 19.4. The summed E-state index contributed by atoms with van der Waals surface area (Å²) in [6, 6.07) is 10.5. The second-order valence-electron chi connectivity index (χ2n) is 6.38. The molecule has 3 rings (SSSR count). The van der Waals surface area contributed by atoms with Crippen LogP contribution in [-0.2, 0) is 17.6 Å². The highest BCUT2D eigenvalue weighted by Crippen LogP contribution is 2.25. The molecule has 142 valence electrons. The number of Topliss-reactive ketones (excluding diaryl/α,β-unsaturated/α-hetero) is 1. The molecule has 1 aliphatic carbocycles. The Balaban J connectivity index is 1.50. The van der Waals surface area contributed by atoms with Crippen LogP contribution in [0.1, 0.15) is 40.7 Å². The highest BCUT2D eigenvalue weighted by molar-refractivity contribution is 6.00. The summed E-state index contributed by atoms with van der Waals surface area (Å²) < 4.78 is 40.1. The average Bonchev–Trinajstić information content (AvgIpc) is 3.08. The largest absolute Gasteiger partial charge is 0.573 e. The van der Waals surface area contributed by atoms with Crippen molar-refractivity contribution in [1.82, 2.24) is 0 Å². The number of hydrogen-bond donors (Lipinski definition) is 1. The summed E-state index contributed by atoms with van der Waals surface area (Å²) in [5.74, 6) is -0.852. The number of amides is 1. The molecule has 0 atom stereocenters. The summed E-state index contributed by atoms with van der Waals surface area (Å²) in [6.45, 7) is 0. The van der Waals surface area contributed by atoms with Gasteiger partial charge in [0, 0.05) is 24.1 Å². The number of anilines is 1. The Labute approximate surface area is 154 Å². The van der Waals surface area contributed by atoms with Crippen molar-refractivity contribution in [3.8, 4) is 5.75 Å². The van der Waals surface area contributed by atoms with E-state index in [1.807, 2.05) is 12.1 Å². The minimum Gasteiger partial charge on any atom is -0.406 e. The monoisotopic (exact) mass is 377 g/mol. The summed E-state index contributed by atoms with van der Waals surface area (Å²) >= 11 is 0. The van der Waals surface area contributed by atoms with Gasteiger partial charge in [0.15, 0.2) is 5.78 Å². The Bertz CT molecular complexity index is 845. The van der Waals surface area contributed by atoms with E-state index in [0.29, 0.717) is 11.3 Å². The molecule has 0 saturated heterocycles. The van der Waals surface area contributed by atoms with Gasteiger partial charge in [0.25, 0.3) is 0 Å². The second-order valence-corrected chi connectivity index (χ2v) is 6.38. The Kier molecular flexibility index (Phi) is 5.48. The second kappa shape index (κ2) is 7.82. The van der Waals surface area contributed by atoms with Crippen LogP contribution in [0.4, 0.5) is 18.9 Å². The maximum atomic E-state index is 12.3. The summed E-state index contributed by atoms with van der Waals surface area (Å²) in [5.41, 5.74) is 3.42. The highest BCUT2D eigenvalue weighted by Gasteiger charge is 2.30. The first-order valence-electron chi connectivity index (χ1n) is 8.61. The molecule has 4 nitrogen and oxygen atoms in total. The van der Waals surface area contributed by atoms with Gasteiger partial charge in [0.1, 0.15) is 5.75 Å². The third kappa shape index (κ3) is 5.32. The Morgan fingerprint density at radius 1 is 0.963 bits per heavy atom. The van der Waals surface area contributed by atoms with E-state index in [2.05, 4.69) is 10.1 Å². The van der Waals surface area contributed by atoms with Gasteiger partial charge in [-0.3, -0.25) is 9.59 Å². The number of rotatable bonds is 6. The zero-order valence-corrected chi connectivity index (χ0v) is 14.4. The van der Waals surface area contributed by atoms with Gasteiger partial charge in [0.2, 0.25) is 5.91 Å². The number of hydrogen-bond acceptors (Lipinski definition) is 3. The van der Waals surface area contributed by atoms with Gasteiger partial charge in [-0.05, 0) is 60.7 Å². The summed E-state index contributed by atoms with van der Waals surface area (Å²) in [7, 11) is 0. The molecule has 0 spiro atoms. The first kappa shape index (κ1) is 18.9. The molecule has 0 fully saturated rings. The van der Waals surface area contributed by atoms with Crippen LogP contribution in [0.15, 0.2) is 42.5 Å². The van der Waals surface area contributed by atoms with Crippen molar-refractivity contribution in [3.63, 3.8) is 0 Å². The number of alkyl halides is 3. The SMILES string of the molecule is O=C(CCC(=O)c1ccc2c(c1)CCC2)Nc1ccc(OC(F)(F)F)cc1. The van der Waals surface area contributed by atoms with Crippen LogP contribution in [0.5, 0.6) is 5.75 Å². The fourth-order valence-electron chi connectivity index (χ4n) is 3.08. The molecule has 0 unspecified atom stereocenters. The van der Waals surface area contributed by atoms with Crippen LogP contribution in [0.25, 0.3) is 0 Å². The van der Waals surface area contributed by atoms with E-state index in [1.165, 1.54) is 23.3 Å². The predicted octanol–water partition coefficient (Wildman–Crippen LogP) is 4.68. The number of halogens is 3. The van der Waals surface area contributed by atoms with Crippen LogP contribution in [0, 0.1) is 0 Å². The third-order valence-corrected chi connectivity index (χ3v) is 4.37. The molecule has 27 heavy (non-hydrogen) atoms. The van der Waals surface area contributed by atoms with Crippen LogP contribution in [-0.4, -0.2) is 18.1 Å². The highest BCUT2D eigenvalue weighted by atomic mass is 19.4. The maximum absolute atomic E-state index is 12.3. The number of ketones is 1. The standard InChI is InChI=1S/C20H18F3NO3/c21-20(22,23)27-17-8-6-16(7-9-17)24-19(26)11-10-18(25)15-5-4-13-2-1-3-14(13)12-15/h4-9,12H,1-3,10-11H2,(H,24,26). The Hall–Kier alpha value is -2.83. The molecule has 7 heteroatoms. The lowest BCUT2D eigenvalue weighted by Gasteiger charge is -2.10. The molecular weight excluding hydrogens is 359 g/mol. The quantitative estimate of drug-likeness (QED) is 0.744. The maximum Gasteiger partial charge on any atom is 0.573 e. The van der Waals surface area contributed by atoms with Crippen molar-refractivity contribution in [2.24, 2.45) is 0 Å². The normalized spacial score (nSPS) is 13.1. The first-order chi connectivity index (χ1) is 12.8. The lowest BCUT2D eigenvalue weighted by molar-refractivity contribution is -0.274. The van der Waals surface area contributed by atoms with Crippen LogP contribution >= 0.6 is 0 Å². The van der Waals surface area contributed by atoms with E-state index >= 15 is 0 Å². The first-order valence-corrected chi connectivity index (χ1v) is 8.61. The molecule has 0 bridgehead atoms. The summed E-state index contributed by atoms with van der Waals surface area (Å²) in [4.78, 5) is 24.3. The number of carbonyl (C=O) groups excluding carboxylic acids is 2. The fraction of sp³-hybridized carbons (Fsp3) is 0.300. The molecule has 0 aromatic heterocycles. The third-order valence-electron chi connectivity index (χ3n) is 4.37. The number of carbonyl (C=O) groups is 2. The Morgan fingerprint density at radius 3 is 2.37 bits per heavy atom. The van der Waals surface area contributed by atoms with Crippen molar-refractivity contribution in [2.45, 2.75) is 38.5 Å². The van der Waals surface area contributed by atoms with Crippen molar-refractivity contribution in [2.75, 3.05) is 5.32 Å². The molecule has 0 radical (unpaired) electrons. The average molecular weight is 377 g/mol. The fourth-order valence-corrected chi connectivity index (χ4v) is 3.08. The molecule has 2 aromatic rings. The lowest BCUT2D eigenvalue weighted by Crippen LogP contribution is -2.17. The van der Waals surface area contributed by atoms with Crippen molar-refractivity contribution >= 4 is 17.4 Å². The molecule has 0 heterocycles. The number of aryl methyl sites for hydroxylation is 2. The zero-order valence-electron chi connectivity index (χ0n) is 14.4. The van der Waals surface area contributed by atoms with Crippen molar-refractivity contribution in [1.29, 1.82) is 0 Å². The van der Waals surface area contributed by atoms with Gasteiger partial charge in [-0.1, -0.05) is 12.1 Å². The topological polar surface area (TPSA) is 55.4 Å². The number of ether oxygens (including phenoxy) is 1. The van der Waals surface area contributed by atoms with Crippen molar-refractivity contribution < 1.29 is 27.5 Å². The molecule has 0 aliphatic heterocycles. The smallest absolute Gasteiger partial charge is 0.406 e. The lowest BCUT2D eigenvalue weighted by atomic mass is 10.0. The molecule has 1 aliphatic rings. The number of fused-ring (bicyclic) bond motifs is 1. The van der Waals surface area contributed by atoms with E-state index in [4.69, 9.17) is 0 Å². The predicted molar refractivity (Wildman–Crippen MR) is 93.8 cm³/mol. The minimum atomic E-state index is -4.76. The van der Waals surface area contributed by atoms with Gasteiger partial charge in [-0.15, -0.1) is 13.2 Å². The summed E-state index contributed by atoms with van der Waals surface area (Å²) in [5, 5.41) is 2.55. The van der Waals surface area contributed by atoms with E-state index < -0.39 is 6.36 Å². The van der Waals surface area contributed by atoms with Gasteiger partial charge in [0.05, 0.1) is 0 Å². The van der Waals surface area contributed by atoms with Gasteiger partial charge >= 0.3 is 6.36 Å². The molecule has 2 aromatic carbocycles. The van der Waals surface area contributed by atoms with Crippen LogP contribution in [0.2, 0.25) is 0 Å². The van der Waals surface area contributed by atoms with Gasteiger partial charge in [-0.25, -0.2) is 0 Å². The van der Waals surface area contributed by atoms with Crippen LogP contribution in [0.3, 0.4) is 0 Å². The number of benzene rings is 2. The molecule has 1 N–H and O–H groups in total.